The number of carbonyl (C=O) groups is 1. The van der Waals surface area contributed by atoms with Gasteiger partial charge in [-0.05, 0) is 34.6 Å². The maximum Gasteiger partial charge on any atom is 0.409 e. The average molecular weight is 174 g/mol. The number of nitrogens with one attached hydrogen (secondary N) is 1. The number of amides is 1. The Hall–Kier alpha value is -0.770. The van der Waals surface area contributed by atoms with E-state index in [-0.39, 0.29) is 0 Å². The van der Waals surface area contributed by atoms with Crippen LogP contribution in [0.4, 0.5) is 4.79 Å². The molecule has 0 bridgehead atoms. The molecule has 12 heavy (non-hydrogen) atoms. The van der Waals surface area contributed by atoms with Crippen molar-refractivity contribution in [3.63, 3.8) is 0 Å². The van der Waals surface area contributed by atoms with Crippen molar-refractivity contribution in [2.24, 2.45) is 5.73 Å². The minimum absolute atomic E-state index is 0.477. The number of carbonyl (C=O) groups excluding carboxylic acids is 1. The van der Waals surface area contributed by atoms with Crippen LogP contribution in [0.1, 0.15) is 34.6 Å². The Morgan fingerprint density at radius 1 is 1.25 bits per heavy atom. The molecule has 0 atom stereocenters. The third kappa shape index (κ3) is 7.34. The third-order valence-corrected chi connectivity index (χ3v) is 0.823. The largest absolute Gasteiger partial charge is 0.444 e. The van der Waals surface area contributed by atoms with Crippen molar-refractivity contribution >= 4 is 6.09 Å². The van der Waals surface area contributed by atoms with Crippen LogP contribution in [0.3, 0.4) is 0 Å². The van der Waals surface area contributed by atoms with E-state index in [1.54, 1.807) is 34.6 Å². The molecule has 0 radical (unpaired) electrons. The topological polar surface area (TPSA) is 64.3 Å². The zero-order chi connectivity index (χ0) is 9.99. The van der Waals surface area contributed by atoms with Gasteiger partial charge in [0.15, 0.2) is 0 Å². The van der Waals surface area contributed by atoms with E-state index in [2.05, 4.69) is 5.32 Å². The Morgan fingerprint density at radius 2 is 1.67 bits per heavy atom. The predicted octanol–water partition coefficient (Wildman–Crippen LogP) is 1.21. The van der Waals surface area contributed by atoms with Crippen molar-refractivity contribution in [2.75, 3.05) is 0 Å². The van der Waals surface area contributed by atoms with Crippen LogP contribution in [0, 0.1) is 0 Å². The zero-order valence-corrected chi connectivity index (χ0v) is 8.39. The second-order valence-corrected chi connectivity index (χ2v) is 4.35. The number of alkyl carbamates (subject to hydrolysis) is 1. The van der Waals surface area contributed by atoms with E-state index in [0.29, 0.717) is 0 Å². The molecule has 4 nitrogen and oxygen atoms in total. The molecule has 0 aliphatic carbocycles. The van der Waals surface area contributed by atoms with Gasteiger partial charge in [0.05, 0.1) is 5.66 Å². The van der Waals surface area contributed by atoms with Crippen LogP contribution in [0.25, 0.3) is 0 Å². The smallest absolute Gasteiger partial charge is 0.409 e. The highest BCUT2D eigenvalue weighted by Gasteiger charge is 2.20. The maximum atomic E-state index is 11.1. The minimum atomic E-state index is -0.734. The SMILES string of the molecule is CC(C)(N)NC(=O)OC(C)(C)C. The van der Waals surface area contributed by atoms with Gasteiger partial charge in [0.1, 0.15) is 5.60 Å². The summed E-state index contributed by atoms with van der Waals surface area (Å²) in [5.41, 5.74) is 4.33. The Labute approximate surface area is 73.5 Å². The van der Waals surface area contributed by atoms with Crippen molar-refractivity contribution in [1.82, 2.24) is 5.32 Å². The molecule has 3 N–H and O–H groups in total. The summed E-state index contributed by atoms with van der Waals surface area (Å²) in [4.78, 5) is 11.1. The molecule has 4 heteroatoms. The first-order chi connectivity index (χ1) is 5.10. The van der Waals surface area contributed by atoms with E-state index in [1.165, 1.54) is 0 Å². The molecule has 0 aromatic rings. The Kier molecular flexibility index (Phi) is 3.10. The second-order valence-electron chi connectivity index (χ2n) is 4.35. The lowest BCUT2D eigenvalue weighted by atomic mass is 10.2. The molecule has 0 aromatic heterocycles. The van der Waals surface area contributed by atoms with Crippen LogP contribution >= 0.6 is 0 Å². The molecule has 0 aliphatic rings. The highest BCUT2D eigenvalue weighted by Crippen LogP contribution is 2.07. The molecule has 0 saturated heterocycles. The van der Waals surface area contributed by atoms with Gasteiger partial charge in [-0.25, -0.2) is 4.79 Å². The van der Waals surface area contributed by atoms with Crippen molar-refractivity contribution in [2.45, 2.75) is 45.9 Å². The lowest BCUT2D eigenvalue weighted by Crippen LogP contribution is -2.52. The summed E-state index contributed by atoms with van der Waals surface area (Å²) in [7, 11) is 0. The first kappa shape index (κ1) is 11.2. The van der Waals surface area contributed by atoms with Crippen LogP contribution in [-0.2, 0) is 4.74 Å². The fourth-order valence-corrected chi connectivity index (χ4v) is 0.567. The summed E-state index contributed by atoms with van der Waals surface area (Å²) >= 11 is 0. The van der Waals surface area contributed by atoms with Crippen LogP contribution < -0.4 is 11.1 Å². The van der Waals surface area contributed by atoms with Crippen molar-refractivity contribution < 1.29 is 9.53 Å². The van der Waals surface area contributed by atoms with Gasteiger partial charge in [-0.3, -0.25) is 0 Å². The van der Waals surface area contributed by atoms with Gasteiger partial charge < -0.3 is 15.8 Å². The Balaban J connectivity index is 3.92. The lowest BCUT2D eigenvalue weighted by molar-refractivity contribution is 0.0475. The normalized spacial score (nSPS) is 12.5. The van der Waals surface area contributed by atoms with Gasteiger partial charge in [-0.1, -0.05) is 0 Å². The summed E-state index contributed by atoms with van der Waals surface area (Å²) in [6.45, 7) is 8.79. The number of rotatable bonds is 1. The van der Waals surface area contributed by atoms with Crippen molar-refractivity contribution in [3.8, 4) is 0 Å². The van der Waals surface area contributed by atoms with Crippen molar-refractivity contribution in [1.29, 1.82) is 0 Å². The summed E-state index contributed by atoms with van der Waals surface area (Å²) in [6.07, 6.45) is -0.491. The molecule has 0 rings (SSSR count). The molecule has 0 unspecified atom stereocenters. The third-order valence-electron chi connectivity index (χ3n) is 0.823. The van der Waals surface area contributed by atoms with Gasteiger partial charge in [0, 0.05) is 0 Å². The maximum absolute atomic E-state index is 11.1. The summed E-state index contributed by atoms with van der Waals surface area (Å²) in [5, 5.41) is 2.49. The van der Waals surface area contributed by atoms with Gasteiger partial charge >= 0.3 is 6.09 Å². The van der Waals surface area contributed by atoms with Gasteiger partial charge in [0.2, 0.25) is 0 Å². The minimum Gasteiger partial charge on any atom is -0.444 e. The highest BCUT2D eigenvalue weighted by atomic mass is 16.6. The van der Waals surface area contributed by atoms with Gasteiger partial charge in [0.25, 0.3) is 0 Å². The zero-order valence-electron chi connectivity index (χ0n) is 8.39. The average Bonchev–Trinajstić information content (AvgIpc) is 1.49. The Bertz CT molecular complexity index is 147. The second kappa shape index (κ2) is 3.31. The fourth-order valence-electron chi connectivity index (χ4n) is 0.567. The molecular weight excluding hydrogens is 156 g/mol. The van der Waals surface area contributed by atoms with Crippen LogP contribution in [0.5, 0.6) is 0 Å². The first-order valence-corrected chi connectivity index (χ1v) is 3.90. The number of hydrogen-bond donors (Lipinski definition) is 2. The van der Waals surface area contributed by atoms with E-state index < -0.39 is 17.4 Å². The van der Waals surface area contributed by atoms with Crippen LogP contribution in [0.2, 0.25) is 0 Å². The van der Waals surface area contributed by atoms with Crippen LogP contribution in [0.15, 0.2) is 0 Å². The van der Waals surface area contributed by atoms with Gasteiger partial charge in [-0.15, -0.1) is 0 Å². The predicted molar refractivity (Wildman–Crippen MR) is 47.6 cm³/mol. The quantitative estimate of drug-likeness (QED) is 0.587. The molecular formula is C8H18N2O2. The molecule has 0 saturated carbocycles. The summed E-state index contributed by atoms with van der Waals surface area (Å²) in [6, 6.07) is 0. The summed E-state index contributed by atoms with van der Waals surface area (Å²) in [5.74, 6) is 0. The van der Waals surface area contributed by atoms with E-state index in [4.69, 9.17) is 10.5 Å². The van der Waals surface area contributed by atoms with Crippen molar-refractivity contribution in [3.05, 3.63) is 0 Å². The standard InChI is InChI=1S/C8H18N2O2/c1-7(2,3)12-6(11)10-8(4,5)9/h9H2,1-5H3,(H,10,11). The number of ether oxygens (including phenoxy) is 1. The molecule has 0 spiro atoms. The van der Waals surface area contributed by atoms with E-state index >= 15 is 0 Å². The molecule has 0 heterocycles. The highest BCUT2D eigenvalue weighted by molar-refractivity contribution is 5.68. The van der Waals surface area contributed by atoms with Crippen LogP contribution in [-0.4, -0.2) is 17.4 Å². The van der Waals surface area contributed by atoms with E-state index in [1.807, 2.05) is 0 Å². The molecule has 0 aliphatic heterocycles. The number of nitrogens with two attached hydrogens (primary N) is 1. The molecule has 0 fully saturated rings. The molecule has 1 amide bonds. The van der Waals surface area contributed by atoms with E-state index in [0.717, 1.165) is 0 Å². The monoisotopic (exact) mass is 174 g/mol. The first-order valence-electron chi connectivity index (χ1n) is 3.90. The van der Waals surface area contributed by atoms with Gasteiger partial charge in [-0.2, -0.15) is 0 Å². The summed E-state index contributed by atoms with van der Waals surface area (Å²) < 4.78 is 4.98. The molecule has 0 aromatic carbocycles. The Morgan fingerprint density at radius 3 is 1.92 bits per heavy atom. The van der Waals surface area contributed by atoms with E-state index in [9.17, 15) is 4.79 Å². The lowest BCUT2D eigenvalue weighted by Gasteiger charge is -2.25. The molecule has 72 valence electrons. The fraction of sp³-hybridized carbons (Fsp3) is 0.875. The number of hydrogen-bond acceptors (Lipinski definition) is 3.